The van der Waals surface area contributed by atoms with Crippen LogP contribution in [0.5, 0.6) is 0 Å². The van der Waals surface area contributed by atoms with Gasteiger partial charge in [-0.15, -0.1) is 0 Å². The Morgan fingerprint density at radius 1 is 1.54 bits per heavy atom. The van der Waals surface area contributed by atoms with Crippen molar-refractivity contribution in [3.63, 3.8) is 0 Å². The molecule has 1 aromatic heterocycles. The van der Waals surface area contributed by atoms with Gasteiger partial charge in [-0.05, 0) is 45.6 Å². The summed E-state index contributed by atoms with van der Waals surface area (Å²) in [4.78, 5) is 25.5. The third-order valence-electron chi connectivity index (χ3n) is 4.54. The van der Waals surface area contributed by atoms with Crippen molar-refractivity contribution in [2.45, 2.75) is 52.5 Å². The van der Waals surface area contributed by atoms with Crippen LogP contribution in [0.2, 0.25) is 0 Å². The zero-order chi connectivity index (χ0) is 17.7. The van der Waals surface area contributed by atoms with E-state index in [2.05, 4.69) is 34.3 Å². The Morgan fingerprint density at radius 2 is 2.29 bits per heavy atom. The predicted octanol–water partition coefficient (Wildman–Crippen LogP) is 2.12. The lowest BCUT2D eigenvalue weighted by molar-refractivity contribution is -0.385. The van der Waals surface area contributed by atoms with Crippen LogP contribution >= 0.6 is 0 Å². The Hall–Kier alpha value is -1.96. The summed E-state index contributed by atoms with van der Waals surface area (Å²) in [5.41, 5.74) is 0.109. The molecule has 0 radical (unpaired) electrons. The Kier molecular flexibility index (Phi) is 6.30. The first-order chi connectivity index (χ1) is 11.4. The van der Waals surface area contributed by atoms with Crippen molar-refractivity contribution in [3.05, 3.63) is 21.5 Å². The van der Waals surface area contributed by atoms with Gasteiger partial charge >= 0.3 is 5.69 Å². The largest absolute Gasteiger partial charge is 0.350 e. The first kappa shape index (κ1) is 18.4. The fourth-order valence-corrected chi connectivity index (χ4v) is 3.21. The number of carbonyl (C=O) groups excluding carboxylic acids is 1. The highest BCUT2D eigenvalue weighted by Gasteiger charge is 2.29. The zero-order valence-electron chi connectivity index (χ0n) is 14.7. The van der Waals surface area contributed by atoms with Crippen LogP contribution < -0.4 is 5.32 Å². The van der Waals surface area contributed by atoms with Gasteiger partial charge < -0.3 is 10.2 Å². The summed E-state index contributed by atoms with van der Waals surface area (Å²) in [5.74, 6) is -0.0971. The van der Waals surface area contributed by atoms with Gasteiger partial charge in [-0.2, -0.15) is 5.10 Å². The van der Waals surface area contributed by atoms with Gasteiger partial charge in [0.05, 0.1) is 4.92 Å². The smallest absolute Gasteiger partial charge is 0.322 e. The minimum absolute atomic E-state index is 0.111. The van der Waals surface area contributed by atoms with Gasteiger partial charge in [-0.25, -0.2) is 0 Å². The number of aryl methyl sites for hydroxylation is 1. The molecule has 2 rings (SSSR count). The Morgan fingerprint density at radius 3 is 2.92 bits per heavy atom. The predicted molar refractivity (Wildman–Crippen MR) is 91.0 cm³/mol. The van der Waals surface area contributed by atoms with Crippen molar-refractivity contribution >= 4 is 11.6 Å². The molecular formula is C16H27N5O3. The summed E-state index contributed by atoms with van der Waals surface area (Å²) in [6.07, 6.45) is 3.43. The van der Waals surface area contributed by atoms with Gasteiger partial charge in [0.25, 0.3) is 5.91 Å². The number of rotatable bonds is 7. The molecule has 0 spiro atoms. The van der Waals surface area contributed by atoms with Gasteiger partial charge in [0.1, 0.15) is 5.69 Å². The number of hydrogen-bond donors (Lipinski definition) is 2. The normalized spacial score (nSPS) is 18.8. The SMILES string of the molecule is CCCc1[nH]nc(C(=O)NCC2CCCN(C(C)C)C2)c1[N+](=O)[O-]. The summed E-state index contributed by atoms with van der Waals surface area (Å²) in [5, 5.41) is 20.6. The van der Waals surface area contributed by atoms with Gasteiger partial charge in [0, 0.05) is 19.1 Å². The molecule has 0 aromatic carbocycles. The molecule has 1 atom stereocenters. The second-order valence-electron chi connectivity index (χ2n) is 6.71. The quantitative estimate of drug-likeness (QED) is 0.586. The lowest BCUT2D eigenvalue weighted by atomic mass is 9.97. The number of amides is 1. The summed E-state index contributed by atoms with van der Waals surface area (Å²) >= 11 is 0. The maximum Gasteiger partial charge on any atom is 0.322 e. The van der Waals surface area contributed by atoms with Crippen LogP contribution in [-0.4, -0.2) is 51.6 Å². The van der Waals surface area contributed by atoms with Crippen LogP contribution in [0.4, 0.5) is 5.69 Å². The fourth-order valence-electron chi connectivity index (χ4n) is 3.21. The highest BCUT2D eigenvalue weighted by molar-refractivity contribution is 5.96. The second-order valence-corrected chi connectivity index (χ2v) is 6.71. The molecule has 0 aliphatic carbocycles. The maximum atomic E-state index is 12.3. The van der Waals surface area contributed by atoms with E-state index in [0.29, 0.717) is 30.6 Å². The first-order valence-corrected chi connectivity index (χ1v) is 8.67. The van der Waals surface area contributed by atoms with E-state index in [4.69, 9.17) is 0 Å². The number of carbonyl (C=O) groups is 1. The molecule has 1 aromatic rings. The molecule has 1 amide bonds. The maximum absolute atomic E-state index is 12.3. The van der Waals surface area contributed by atoms with E-state index >= 15 is 0 Å². The van der Waals surface area contributed by atoms with Crippen LogP contribution in [-0.2, 0) is 6.42 Å². The number of H-pyrrole nitrogens is 1. The highest BCUT2D eigenvalue weighted by Crippen LogP contribution is 2.23. The van der Waals surface area contributed by atoms with Crippen molar-refractivity contribution < 1.29 is 9.72 Å². The fraction of sp³-hybridized carbons (Fsp3) is 0.750. The van der Waals surface area contributed by atoms with E-state index in [-0.39, 0.29) is 11.4 Å². The lowest BCUT2D eigenvalue weighted by Crippen LogP contribution is -2.43. The summed E-state index contributed by atoms with van der Waals surface area (Å²) in [6.45, 7) is 8.82. The van der Waals surface area contributed by atoms with E-state index in [1.807, 2.05) is 6.92 Å². The Bertz CT molecular complexity index is 584. The lowest BCUT2D eigenvalue weighted by Gasteiger charge is -2.35. The molecule has 1 aliphatic rings. The number of nitro groups is 1. The van der Waals surface area contributed by atoms with Crippen LogP contribution in [0.3, 0.4) is 0 Å². The van der Waals surface area contributed by atoms with Crippen LogP contribution in [0.15, 0.2) is 0 Å². The zero-order valence-corrected chi connectivity index (χ0v) is 14.7. The third kappa shape index (κ3) is 4.31. The molecule has 134 valence electrons. The average molecular weight is 337 g/mol. The van der Waals surface area contributed by atoms with Gasteiger partial charge in [0.15, 0.2) is 0 Å². The Balaban J connectivity index is 1.99. The topological polar surface area (TPSA) is 104 Å². The molecule has 0 bridgehead atoms. The number of piperidine rings is 1. The third-order valence-corrected chi connectivity index (χ3v) is 4.54. The summed E-state index contributed by atoms with van der Waals surface area (Å²) < 4.78 is 0. The van der Waals surface area contributed by atoms with Gasteiger partial charge in [-0.3, -0.25) is 20.0 Å². The van der Waals surface area contributed by atoms with Crippen LogP contribution in [0.1, 0.15) is 56.2 Å². The standard InChI is InChI=1S/C16H27N5O3/c1-4-6-13-15(21(23)24)14(19-18-13)16(22)17-9-12-7-5-8-20(10-12)11(2)3/h11-12H,4-10H2,1-3H3,(H,17,22)(H,18,19). The van der Waals surface area contributed by atoms with Crippen molar-refractivity contribution in [3.8, 4) is 0 Å². The molecule has 1 unspecified atom stereocenters. The molecule has 0 saturated carbocycles. The second kappa shape index (κ2) is 8.23. The van der Waals surface area contributed by atoms with E-state index in [9.17, 15) is 14.9 Å². The molecule has 2 heterocycles. The minimum Gasteiger partial charge on any atom is -0.350 e. The van der Waals surface area contributed by atoms with Gasteiger partial charge in [-0.1, -0.05) is 13.3 Å². The molecule has 1 fully saturated rings. The first-order valence-electron chi connectivity index (χ1n) is 8.67. The van der Waals surface area contributed by atoms with Crippen molar-refractivity contribution in [2.24, 2.45) is 5.92 Å². The molecule has 1 aliphatic heterocycles. The Labute approximate surface area is 142 Å². The number of aromatic nitrogens is 2. The number of hydrogen-bond acceptors (Lipinski definition) is 5. The molecule has 8 heteroatoms. The van der Waals surface area contributed by atoms with E-state index in [1.165, 1.54) is 0 Å². The number of nitrogens with zero attached hydrogens (tertiary/aromatic N) is 3. The minimum atomic E-state index is -0.523. The molecular weight excluding hydrogens is 310 g/mol. The number of likely N-dealkylation sites (tertiary alicyclic amines) is 1. The summed E-state index contributed by atoms with van der Waals surface area (Å²) in [7, 11) is 0. The highest BCUT2D eigenvalue weighted by atomic mass is 16.6. The van der Waals surface area contributed by atoms with Crippen molar-refractivity contribution in [1.82, 2.24) is 20.4 Å². The van der Waals surface area contributed by atoms with E-state index in [0.717, 1.165) is 32.4 Å². The average Bonchev–Trinajstić information content (AvgIpc) is 2.97. The van der Waals surface area contributed by atoms with Crippen molar-refractivity contribution in [1.29, 1.82) is 0 Å². The molecule has 1 saturated heterocycles. The summed E-state index contributed by atoms with van der Waals surface area (Å²) in [6, 6.07) is 0.493. The van der Waals surface area contributed by atoms with Crippen LogP contribution in [0, 0.1) is 16.0 Å². The number of nitrogens with one attached hydrogen (secondary N) is 2. The number of aromatic amines is 1. The molecule has 2 N–H and O–H groups in total. The molecule has 8 nitrogen and oxygen atoms in total. The van der Waals surface area contributed by atoms with Gasteiger partial charge in [0.2, 0.25) is 5.69 Å². The van der Waals surface area contributed by atoms with E-state index < -0.39 is 10.8 Å². The molecule has 24 heavy (non-hydrogen) atoms. The van der Waals surface area contributed by atoms with Crippen molar-refractivity contribution in [2.75, 3.05) is 19.6 Å². The van der Waals surface area contributed by atoms with E-state index in [1.54, 1.807) is 0 Å². The monoisotopic (exact) mass is 337 g/mol. The van der Waals surface area contributed by atoms with Crippen LogP contribution in [0.25, 0.3) is 0 Å².